The van der Waals surface area contributed by atoms with Gasteiger partial charge < -0.3 is 4.18 Å². The number of fused-ring (bicyclic) bond motifs is 1. The summed E-state index contributed by atoms with van der Waals surface area (Å²) in [6.07, 6.45) is 1.35. The summed E-state index contributed by atoms with van der Waals surface area (Å²) in [5, 5.41) is 5.96. The second-order valence-electron chi connectivity index (χ2n) is 7.15. The van der Waals surface area contributed by atoms with Crippen LogP contribution in [0.15, 0.2) is 101 Å². The number of para-hydroxylation sites is 1. The van der Waals surface area contributed by atoms with Crippen LogP contribution in [0.1, 0.15) is 21.5 Å². The Morgan fingerprint density at radius 1 is 0.875 bits per heavy atom. The normalized spacial score (nSPS) is 11.5. The van der Waals surface area contributed by atoms with Gasteiger partial charge in [-0.1, -0.05) is 60.2 Å². The largest absolute Gasteiger partial charge is 0.378 e. The molecule has 4 aromatic rings. The van der Waals surface area contributed by atoms with E-state index in [0.717, 1.165) is 16.3 Å². The van der Waals surface area contributed by atoms with E-state index in [1.54, 1.807) is 42.5 Å². The molecule has 0 saturated carbocycles. The first kappa shape index (κ1) is 21.3. The fourth-order valence-corrected chi connectivity index (χ4v) is 4.04. The van der Waals surface area contributed by atoms with Crippen LogP contribution in [0, 0.1) is 6.92 Å². The third-order valence-corrected chi connectivity index (χ3v) is 6.06. The van der Waals surface area contributed by atoms with Gasteiger partial charge in [-0.05, 0) is 54.1 Å². The minimum absolute atomic E-state index is 0.0550. The molecule has 1 N–H and O–H groups in total. The van der Waals surface area contributed by atoms with Gasteiger partial charge in [0, 0.05) is 11.1 Å². The molecule has 7 heteroatoms. The van der Waals surface area contributed by atoms with Crippen molar-refractivity contribution in [1.29, 1.82) is 0 Å². The second-order valence-corrected chi connectivity index (χ2v) is 8.70. The molecule has 0 radical (unpaired) electrons. The lowest BCUT2D eigenvalue weighted by molar-refractivity contribution is 0.0955. The van der Waals surface area contributed by atoms with Crippen LogP contribution in [0.3, 0.4) is 0 Å². The number of nitrogens with zero attached hydrogens (tertiary/aromatic N) is 1. The van der Waals surface area contributed by atoms with Crippen molar-refractivity contribution >= 4 is 33.0 Å². The highest BCUT2D eigenvalue weighted by Crippen LogP contribution is 2.22. The van der Waals surface area contributed by atoms with Gasteiger partial charge in [0.2, 0.25) is 0 Å². The van der Waals surface area contributed by atoms with Gasteiger partial charge in [0.15, 0.2) is 5.75 Å². The number of rotatable bonds is 6. The van der Waals surface area contributed by atoms with Crippen molar-refractivity contribution in [3.05, 3.63) is 108 Å². The molecule has 0 aliphatic carbocycles. The maximum atomic E-state index is 12.6. The van der Waals surface area contributed by atoms with Crippen molar-refractivity contribution < 1.29 is 17.4 Å². The summed E-state index contributed by atoms with van der Waals surface area (Å²) >= 11 is 0. The number of carbonyl (C=O) groups excluding carboxylic acids is 1. The van der Waals surface area contributed by atoms with Gasteiger partial charge in [0.1, 0.15) is 4.90 Å². The Morgan fingerprint density at radius 2 is 1.56 bits per heavy atom. The van der Waals surface area contributed by atoms with Gasteiger partial charge in [-0.25, -0.2) is 5.43 Å². The van der Waals surface area contributed by atoms with E-state index < -0.39 is 10.1 Å². The lowest BCUT2D eigenvalue weighted by Crippen LogP contribution is -2.17. The molecule has 0 bridgehead atoms. The van der Waals surface area contributed by atoms with Crippen LogP contribution in [-0.2, 0) is 10.1 Å². The Bertz CT molecular complexity index is 1410. The molecule has 0 aliphatic heterocycles. The van der Waals surface area contributed by atoms with Crippen LogP contribution in [-0.4, -0.2) is 20.5 Å². The number of hydrogen-bond donors (Lipinski definition) is 1. The molecule has 0 spiro atoms. The number of amides is 1. The first-order valence-corrected chi connectivity index (χ1v) is 11.3. The third kappa shape index (κ3) is 4.84. The van der Waals surface area contributed by atoms with Gasteiger partial charge >= 0.3 is 10.1 Å². The van der Waals surface area contributed by atoms with E-state index in [1.807, 2.05) is 37.3 Å². The quantitative estimate of drug-likeness (QED) is 0.266. The third-order valence-electron chi connectivity index (χ3n) is 4.81. The van der Waals surface area contributed by atoms with Crippen LogP contribution in [0.25, 0.3) is 10.8 Å². The zero-order valence-corrected chi connectivity index (χ0v) is 18.0. The SMILES string of the molecule is Cc1ccc(S(=O)(=O)Oc2ccccc2/C=N\NC(=O)c2ccc3ccccc3c2)cc1. The molecule has 160 valence electrons. The number of benzene rings is 4. The Hall–Kier alpha value is -3.97. The number of hydrogen-bond acceptors (Lipinski definition) is 5. The molecule has 32 heavy (non-hydrogen) atoms. The number of hydrazone groups is 1. The van der Waals surface area contributed by atoms with E-state index in [1.165, 1.54) is 24.4 Å². The zero-order valence-electron chi connectivity index (χ0n) is 17.2. The summed E-state index contributed by atoms with van der Waals surface area (Å²) in [4.78, 5) is 12.5. The molecule has 0 fully saturated rings. The highest BCUT2D eigenvalue weighted by molar-refractivity contribution is 7.87. The topological polar surface area (TPSA) is 84.8 Å². The van der Waals surface area contributed by atoms with E-state index in [0.29, 0.717) is 11.1 Å². The predicted molar refractivity (Wildman–Crippen MR) is 124 cm³/mol. The molecular weight excluding hydrogens is 424 g/mol. The molecule has 0 aromatic heterocycles. The van der Waals surface area contributed by atoms with Crippen LogP contribution in [0.5, 0.6) is 5.75 Å². The van der Waals surface area contributed by atoms with Crippen molar-refractivity contribution in [2.45, 2.75) is 11.8 Å². The molecule has 4 aromatic carbocycles. The zero-order chi connectivity index (χ0) is 22.6. The molecule has 0 aliphatic rings. The maximum absolute atomic E-state index is 12.6. The molecule has 0 atom stereocenters. The average Bonchev–Trinajstić information content (AvgIpc) is 2.80. The van der Waals surface area contributed by atoms with Gasteiger partial charge in [-0.15, -0.1) is 0 Å². The molecule has 6 nitrogen and oxygen atoms in total. The Labute approximate surface area is 186 Å². The van der Waals surface area contributed by atoms with Gasteiger partial charge in [-0.3, -0.25) is 4.79 Å². The van der Waals surface area contributed by atoms with Gasteiger partial charge in [0.05, 0.1) is 6.21 Å². The number of carbonyl (C=O) groups is 1. The maximum Gasteiger partial charge on any atom is 0.339 e. The Balaban J connectivity index is 1.49. The highest BCUT2D eigenvalue weighted by Gasteiger charge is 2.18. The smallest absolute Gasteiger partial charge is 0.339 e. The van der Waals surface area contributed by atoms with E-state index in [-0.39, 0.29) is 16.6 Å². The van der Waals surface area contributed by atoms with Crippen molar-refractivity contribution in [2.24, 2.45) is 5.10 Å². The number of nitrogens with one attached hydrogen (secondary N) is 1. The summed E-state index contributed by atoms with van der Waals surface area (Å²) in [5.74, 6) is -0.269. The van der Waals surface area contributed by atoms with Crippen molar-refractivity contribution in [2.75, 3.05) is 0 Å². The summed E-state index contributed by atoms with van der Waals surface area (Å²) in [6.45, 7) is 1.87. The van der Waals surface area contributed by atoms with Crippen molar-refractivity contribution in [3.63, 3.8) is 0 Å². The standard InChI is InChI=1S/C25H20N2O4S/c1-18-10-14-23(15-11-18)32(29,30)31-24-9-5-4-8-22(24)17-26-27-25(28)21-13-12-19-6-2-3-7-20(19)16-21/h2-17H,1H3,(H,27,28)/b26-17-. The lowest BCUT2D eigenvalue weighted by atomic mass is 10.1. The van der Waals surface area contributed by atoms with E-state index >= 15 is 0 Å². The second kappa shape index (κ2) is 9.03. The Kier molecular flexibility index (Phi) is 6.00. The van der Waals surface area contributed by atoms with Gasteiger partial charge in [-0.2, -0.15) is 13.5 Å². The first-order valence-electron chi connectivity index (χ1n) is 9.85. The summed E-state index contributed by atoms with van der Waals surface area (Å²) < 4.78 is 30.5. The fraction of sp³-hybridized carbons (Fsp3) is 0.0400. The summed E-state index contributed by atoms with van der Waals surface area (Å²) in [7, 11) is -4.01. The molecule has 0 saturated heterocycles. The monoisotopic (exact) mass is 444 g/mol. The molecule has 0 unspecified atom stereocenters. The van der Waals surface area contributed by atoms with E-state index in [9.17, 15) is 13.2 Å². The van der Waals surface area contributed by atoms with E-state index in [4.69, 9.17) is 4.18 Å². The van der Waals surface area contributed by atoms with Crippen molar-refractivity contribution in [1.82, 2.24) is 5.43 Å². The minimum atomic E-state index is -4.01. The van der Waals surface area contributed by atoms with Gasteiger partial charge in [0.25, 0.3) is 5.91 Å². The molecule has 1 amide bonds. The van der Waals surface area contributed by atoms with Crippen LogP contribution < -0.4 is 9.61 Å². The molecule has 4 rings (SSSR count). The lowest BCUT2D eigenvalue weighted by Gasteiger charge is -2.09. The molecular formula is C25H20N2O4S. The van der Waals surface area contributed by atoms with Crippen LogP contribution in [0.2, 0.25) is 0 Å². The minimum Gasteiger partial charge on any atom is -0.378 e. The first-order chi connectivity index (χ1) is 15.4. The van der Waals surface area contributed by atoms with E-state index in [2.05, 4.69) is 10.5 Å². The van der Waals surface area contributed by atoms with Crippen molar-refractivity contribution in [3.8, 4) is 5.75 Å². The summed E-state index contributed by atoms with van der Waals surface area (Å²) in [5.41, 5.74) is 4.28. The predicted octanol–water partition coefficient (Wildman–Crippen LogP) is 4.68. The fourth-order valence-electron chi connectivity index (χ4n) is 3.09. The number of aryl methyl sites for hydroxylation is 1. The highest BCUT2D eigenvalue weighted by atomic mass is 32.2. The summed E-state index contributed by atoms with van der Waals surface area (Å²) in [6, 6.07) is 26.0. The Morgan fingerprint density at radius 3 is 2.34 bits per heavy atom. The van der Waals surface area contributed by atoms with Crippen LogP contribution in [0.4, 0.5) is 0 Å². The average molecular weight is 445 g/mol. The van der Waals surface area contributed by atoms with Crippen LogP contribution >= 0.6 is 0 Å². The molecule has 0 heterocycles.